The number of amides is 1. The van der Waals surface area contributed by atoms with Crippen molar-refractivity contribution in [2.45, 2.75) is 37.7 Å². The molecule has 2 heterocycles. The Bertz CT molecular complexity index is 950. The minimum absolute atomic E-state index is 0.176. The molecule has 1 N–H and O–H groups in total. The summed E-state index contributed by atoms with van der Waals surface area (Å²) < 4.78 is 7.32. The maximum atomic E-state index is 12.5. The van der Waals surface area contributed by atoms with Gasteiger partial charge in [-0.25, -0.2) is 0 Å². The number of aryl methyl sites for hydroxylation is 1. The van der Waals surface area contributed by atoms with Crippen LogP contribution in [0, 0.1) is 6.92 Å². The molecule has 0 aliphatic heterocycles. The molecule has 0 saturated carbocycles. The molecular weight excluding hydrogens is 407 g/mol. The number of nitrogens with zero attached hydrogens (tertiary/aromatic N) is 3. The molecule has 1 atom stereocenters. The van der Waals surface area contributed by atoms with Gasteiger partial charge >= 0.3 is 0 Å². The van der Waals surface area contributed by atoms with Crippen molar-refractivity contribution in [3.05, 3.63) is 46.3 Å². The second kappa shape index (κ2) is 8.37. The van der Waals surface area contributed by atoms with Crippen LogP contribution in [0.4, 0.5) is 5.69 Å². The third kappa shape index (κ3) is 4.48. The number of hydrogen-bond acceptors (Lipinski definition) is 5. The highest BCUT2D eigenvalue weighted by atomic mass is 35.5. The molecule has 1 aromatic carbocycles. The smallest absolute Gasteiger partial charge is 0.237 e. The summed E-state index contributed by atoms with van der Waals surface area (Å²) in [5.41, 5.74) is 1.44. The van der Waals surface area contributed by atoms with E-state index >= 15 is 0 Å². The van der Waals surface area contributed by atoms with Crippen LogP contribution in [0.3, 0.4) is 0 Å². The van der Waals surface area contributed by atoms with E-state index < -0.39 is 5.25 Å². The number of furan rings is 1. The molecule has 142 valence electrons. The van der Waals surface area contributed by atoms with E-state index in [1.54, 1.807) is 24.5 Å². The van der Waals surface area contributed by atoms with Gasteiger partial charge in [-0.05, 0) is 45.0 Å². The van der Waals surface area contributed by atoms with E-state index in [1.807, 2.05) is 31.4 Å². The lowest BCUT2D eigenvalue weighted by atomic mass is 10.2. The van der Waals surface area contributed by atoms with Gasteiger partial charge in [0.15, 0.2) is 11.0 Å². The molecule has 0 aliphatic carbocycles. The van der Waals surface area contributed by atoms with Gasteiger partial charge in [0.2, 0.25) is 5.91 Å². The maximum Gasteiger partial charge on any atom is 0.237 e. The van der Waals surface area contributed by atoms with Crippen LogP contribution in [0.1, 0.15) is 19.6 Å². The number of carbonyl (C=O) groups excluding carboxylic acids is 1. The quantitative estimate of drug-likeness (QED) is 0.543. The first-order chi connectivity index (χ1) is 12.9. The van der Waals surface area contributed by atoms with Gasteiger partial charge in [0.25, 0.3) is 0 Å². The lowest BCUT2D eigenvalue weighted by Gasteiger charge is -2.13. The van der Waals surface area contributed by atoms with E-state index in [1.165, 1.54) is 11.8 Å². The summed E-state index contributed by atoms with van der Waals surface area (Å²) in [6, 6.07) is 6.77. The monoisotopic (exact) mass is 424 g/mol. The van der Waals surface area contributed by atoms with E-state index in [9.17, 15) is 4.79 Å². The minimum atomic E-state index is -0.393. The van der Waals surface area contributed by atoms with Crippen molar-refractivity contribution in [2.24, 2.45) is 0 Å². The molecule has 2 aromatic heterocycles. The number of hydrogen-bond donors (Lipinski definition) is 1. The molecule has 1 amide bonds. The summed E-state index contributed by atoms with van der Waals surface area (Å²) in [5, 5.41) is 12.6. The fraction of sp³-hybridized carbons (Fsp3) is 0.278. The number of rotatable bonds is 6. The lowest BCUT2D eigenvalue weighted by Crippen LogP contribution is -2.23. The van der Waals surface area contributed by atoms with Gasteiger partial charge in [0.1, 0.15) is 5.76 Å². The Kier molecular flexibility index (Phi) is 6.14. The fourth-order valence-corrected chi connectivity index (χ4v) is 4.00. The van der Waals surface area contributed by atoms with Gasteiger partial charge in [-0.15, -0.1) is 10.2 Å². The van der Waals surface area contributed by atoms with Gasteiger partial charge < -0.3 is 14.3 Å². The second-order valence-corrected chi connectivity index (χ2v) is 8.03. The van der Waals surface area contributed by atoms with Crippen molar-refractivity contribution in [1.29, 1.82) is 0 Å². The van der Waals surface area contributed by atoms with E-state index in [0.29, 0.717) is 27.4 Å². The van der Waals surface area contributed by atoms with Gasteiger partial charge in [-0.1, -0.05) is 35.0 Å². The Balaban J connectivity index is 1.75. The average molecular weight is 425 g/mol. The van der Waals surface area contributed by atoms with Gasteiger partial charge in [-0.3, -0.25) is 4.79 Å². The molecule has 0 bridgehead atoms. The van der Waals surface area contributed by atoms with Crippen LogP contribution in [0.5, 0.6) is 0 Å². The van der Waals surface area contributed by atoms with Crippen molar-refractivity contribution in [3.8, 4) is 11.4 Å². The molecule has 6 nitrogen and oxygen atoms in total. The van der Waals surface area contributed by atoms with Crippen LogP contribution < -0.4 is 5.32 Å². The van der Waals surface area contributed by atoms with Crippen LogP contribution >= 0.6 is 35.0 Å². The van der Waals surface area contributed by atoms with Crippen LogP contribution in [-0.4, -0.2) is 25.9 Å². The van der Waals surface area contributed by atoms with Crippen LogP contribution in [0.25, 0.3) is 11.4 Å². The number of thioether (sulfide) groups is 1. The third-order valence-electron chi connectivity index (χ3n) is 3.91. The predicted octanol–water partition coefficient (Wildman–Crippen LogP) is 5.29. The first-order valence-electron chi connectivity index (χ1n) is 8.30. The van der Waals surface area contributed by atoms with Crippen molar-refractivity contribution >= 4 is 46.6 Å². The van der Waals surface area contributed by atoms with E-state index in [-0.39, 0.29) is 5.91 Å². The third-order valence-corrected chi connectivity index (χ3v) is 5.43. The normalized spacial score (nSPS) is 12.2. The number of nitrogens with one attached hydrogen (secondary N) is 1. The van der Waals surface area contributed by atoms with E-state index in [0.717, 1.165) is 17.1 Å². The number of carbonyl (C=O) groups is 1. The predicted molar refractivity (Wildman–Crippen MR) is 109 cm³/mol. The number of halogens is 2. The van der Waals surface area contributed by atoms with Crippen molar-refractivity contribution < 1.29 is 9.21 Å². The maximum absolute atomic E-state index is 12.5. The fourth-order valence-electron chi connectivity index (χ4n) is 2.56. The van der Waals surface area contributed by atoms with Gasteiger partial charge in [-0.2, -0.15) is 0 Å². The Hall–Kier alpha value is -1.96. The zero-order valence-corrected chi connectivity index (χ0v) is 17.3. The summed E-state index contributed by atoms with van der Waals surface area (Å²) >= 11 is 13.3. The Morgan fingerprint density at radius 2 is 2.00 bits per heavy atom. The lowest BCUT2D eigenvalue weighted by molar-refractivity contribution is -0.115. The molecule has 0 saturated heterocycles. The number of anilines is 1. The van der Waals surface area contributed by atoms with Gasteiger partial charge in [0.05, 0.1) is 17.1 Å². The zero-order valence-electron chi connectivity index (χ0n) is 15.0. The molecule has 1 unspecified atom stereocenters. The molecule has 0 aliphatic rings. The summed E-state index contributed by atoms with van der Waals surface area (Å²) in [7, 11) is 0. The second-order valence-electron chi connectivity index (χ2n) is 5.85. The first-order valence-corrected chi connectivity index (χ1v) is 9.94. The molecular formula is C18H18Cl2N4O2S. The molecule has 0 spiro atoms. The van der Waals surface area contributed by atoms with Crippen LogP contribution in [0.15, 0.2) is 40.1 Å². The number of aromatic nitrogens is 3. The van der Waals surface area contributed by atoms with Crippen LogP contribution in [-0.2, 0) is 11.3 Å². The molecule has 3 aromatic rings. The topological polar surface area (TPSA) is 73.0 Å². The average Bonchev–Trinajstić information content (AvgIpc) is 3.19. The highest BCUT2D eigenvalue weighted by Crippen LogP contribution is 2.30. The van der Waals surface area contributed by atoms with Crippen molar-refractivity contribution in [2.75, 3.05) is 5.32 Å². The largest absolute Gasteiger partial charge is 0.469 e. The van der Waals surface area contributed by atoms with E-state index in [2.05, 4.69) is 15.5 Å². The first kappa shape index (κ1) is 19.8. The summed E-state index contributed by atoms with van der Waals surface area (Å²) in [6.45, 7) is 6.37. The molecule has 0 radical (unpaired) electrons. The standard InChI is InChI=1S/C18H18Cl2N4O2S/c1-4-24-16(15-5-6-26-10(15)2)22-23-18(24)27-11(3)17(25)21-14-8-12(19)7-13(20)9-14/h5-9,11H,4H2,1-3H3,(H,21,25). The Morgan fingerprint density at radius 1 is 1.30 bits per heavy atom. The van der Waals surface area contributed by atoms with Gasteiger partial charge in [0, 0.05) is 22.3 Å². The highest BCUT2D eigenvalue weighted by molar-refractivity contribution is 8.00. The molecule has 0 fully saturated rings. The minimum Gasteiger partial charge on any atom is -0.469 e. The summed E-state index contributed by atoms with van der Waals surface area (Å²) in [6.07, 6.45) is 1.62. The summed E-state index contributed by atoms with van der Waals surface area (Å²) in [4.78, 5) is 12.5. The Labute approximate surface area is 171 Å². The highest BCUT2D eigenvalue weighted by Gasteiger charge is 2.21. The number of benzene rings is 1. The molecule has 9 heteroatoms. The van der Waals surface area contributed by atoms with Crippen molar-refractivity contribution in [3.63, 3.8) is 0 Å². The molecule has 3 rings (SSSR count). The molecule has 27 heavy (non-hydrogen) atoms. The summed E-state index contributed by atoms with van der Waals surface area (Å²) in [5.74, 6) is 1.32. The SMILES string of the molecule is CCn1c(SC(C)C(=O)Nc2cc(Cl)cc(Cl)c2)nnc1-c1ccoc1C. The zero-order chi connectivity index (χ0) is 19.6. The van der Waals surface area contributed by atoms with E-state index in [4.69, 9.17) is 27.6 Å². The van der Waals surface area contributed by atoms with Crippen LogP contribution in [0.2, 0.25) is 10.0 Å². The van der Waals surface area contributed by atoms with Crippen molar-refractivity contribution in [1.82, 2.24) is 14.8 Å². The Morgan fingerprint density at radius 3 is 2.59 bits per heavy atom.